The summed E-state index contributed by atoms with van der Waals surface area (Å²) in [7, 11) is 4.19. The van der Waals surface area contributed by atoms with Gasteiger partial charge in [0.2, 0.25) is 5.91 Å². The fraction of sp³-hybridized carbons (Fsp3) is 0.333. The SMILES string of the molecule is COC(=O)NC(C(=O)N1CC(OC)CC1c1ncc(-c2ccc(-c3ccc4cc(-c5cnc(C6CCCN6C(=O)C(NC(=O)OC)C(C)C)[nH]5)ccc4c3)cc2)[nH]1)c1ccccc1. The van der Waals surface area contributed by atoms with Crippen molar-refractivity contribution in [2.75, 3.05) is 34.4 Å². The molecule has 5 unspecified atom stereocenters. The Morgan fingerprint density at radius 1 is 0.683 bits per heavy atom. The van der Waals surface area contributed by atoms with E-state index in [0.717, 1.165) is 63.1 Å². The number of benzene rings is 4. The quantitative estimate of drug-likeness (QED) is 0.0958. The van der Waals surface area contributed by atoms with Crippen LogP contribution in [-0.4, -0.2) is 100 Å². The lowest BCUT2D eigenvalue weighted by Gasteiger charge is -2.30. The van der Waals surface area contributed by atoms with E-state index < -0.39 is 30.3 Å². The smallest absolute Gasteiger partial charge is 0.407 e. The number of methoxy groups -OCH3 is 3. The number of ether oxygens (including phenoxy) is 3. The number of nitrogens with one attached hydrogen (secondary N) is 4. The number of alkyl carbamates (subject to hydrolysis) is 2. The standard InChI is InChI=1S/C48H52N8O7/c1-28(2)41(53-47(59)62-4)45(57)55-21-9-12-39(55)43-49-26-38(52-43)35-20-19-33-22-32(17-18-34(33)23-35)29-13-15-30(16-14-29)37-25-50-44(51-37)40-24-36(61-3)27-56(40)46(58)42(54-48(60)63-5)31-10-7-6-8-11-31/h6-8,10-11,13-20,22-23,25-26,28,36,39-42H,9,12,21,24,27H2,1-5H3,(H,49,52)(H,50,51)(H,53,59)(H,54,60). The fourth-order valence-electron chi connectivity index (χ4n) is 8.68. The monoisotopic (exact) mass is 852 g/mol. The maximum Gasteiger partial charge on any atom is 0.407 e. The number of hydrogen-bond acceptors (Lipinski definition) is 9. The zero-order chi connectivity index (χ0) is 44.2. The van der Waals surface area contributed by atoms with Crippen molar-refractivity contribution in [1.82, 2.24) is 40.4 Å². The van der Waals surface area contributed by atoms with Crippen LogP contribution in [-0.2, 0) is 23.8 Å². The highest BCUT2D eigenvalue weighted by atomic mass is 16.5. The second-order valence-electron chi connectivity index (χ2n) is 16.3. The molecular formula is C48H52N8O7. The van der Waals surface area contributed by atoms with E-state index in [-0.39, 0.29) is 29.9 Å². The third kappa shape index (κ3) is 9.00. The van der Waals surface area contributed by atoms with Gasteiger partial charge in [-0.2, -0.15) is 0 Å². The number of carbonyl (C=O) groups is 4. The molecule has 326 valence electrons. The summed E-state index contributed by atoms with van der Waals surface area (Å²) in [6, 6.07) is 27.8. The number of rotatable bonds is 12. The van der Waals surface area contributed by atoms with Crippen molar-refractivity contribution in [3.8, 4) is 33.6 Å². The predicted octanol–water partition coefficient (Wildman–Crippen LogP) is 7.72. The Bertz CT molecular complexity index is 2590. The third-order valence-corrected chi connectivity index (χ3v) is 12.1. The highest BCUT2D eigenvalue weighted by Crippen LogP contribution is 2.37. The fourth-order valence-corrected chi connectivity index (χ4v) is 8.68. The van der Waals surface area contributed by atoms with Crippen molar-refractivity contribution in [1.29, 1.82) is 0 Å². The molecule has 4 aromatic carbocycles. The van der Waals surface area contributed by atoms with Gasteiger partial charge in [-0.05, 0) is 63.9 Å². The van der Waals surface area contributed by atoms with Gasteiger partial charge < -0.3 is 44.6 Å². The van der Waals surface area contributed by atoms with E-state index in [1.807, 2.05) is 43.1 Å². The number of carbonyl (C=O) groups excluding carboxylic acids is 4. The molecule has 2 saturated heterocycles. The largest absolute Gasteiger partial charge is 0.453 e. The van der Waals surface area contributed by atoms with Crippen molar-refractivity contribution in [3.63, 3.8) is 0 Å². The van der Waals surface area contributed by atoms with Crippen LogP contribution in [0.15, 0.2) is 103 Å². The molecule has 5 atom stereocenters. The van der Waals surface area contributed by atoms with Crippen molar-refractivity contribution in [2.45, 2.75) is 63.4 Å². The average molecular weight is 853 g/mol. The van der Waals surface area contributed by atoms with Crippen LogP contribution in [0.2, 0.25) is 0 Å². The molecule has 4 amide bonds. The number of likely N-dealkylation sites (tertiary alicyclic amines) is 2. The number of imidazole rings is 2. The van der Waals surface area contributed by atoms with Gasteiger partial charge in [-0.3, -0.25) is 9.59 Å². The summed E-state index contributed by atoms with van der Waals surface area (Å²) in [5, 5.41) is 7.57. The number of H-pyrrole nitrogens is 2. The molecular weight excluding hydrogens is 801 g/mol. The van der Waals surface area contributed by atoms with Crippen molar-refractivity contribution >= 4 is 34.8 Å². The number of nitrogens with zero attached hydrogens (tertiary/aromatic N) is 4. The van der Waals surface area contributed by atoms with Gasteiger partial charge >= 0.3 is 12.2 Å². The number of hydrogen-bond donors (Lipinski definition) is 4. The van der Waals surface area contributed by atoms with Crippen LogP contribution in [0.5, 0.6) is 0 Å². The molecule has 0 aliphatic carbocycles. The molecule has 0 bridgehead atoms. The Hall–Kier alpha value is -7.00. The van der Waals surface area contributed by atoms with Crippen LogP contribution in [0.1, 0.15) is 68.4 Å². The van der Waals surface area contributed by atoms with Crippen molar-refractivity contribution in [3.05, 3.63) is 121 Å². The summed E-state index contributed by atoms with van der Waals surface area (Å²) in [4.78, 5) is 72.0. The summed E-state index contributed by atoms with van der Waals surface area (Å²) < 4.78 is 15.3. The Balaban J connectivity index is 0.957. The summed E-state index contributed by atoms with van der Waals surface area (Å²) in [6.07, 6.45) is 4.22. The number of amides is 4. The van der Waals surface area contributed by atoms with E-state index in [9.17, 15) is 19.2 Å². The molecule has 2 aliphatic rings. The van der Waals surface area contributed by atoms with Crippen LogP contribution in [0, 0.1) is 5.92 Å². The number of aromatic amines is 2. The molecule has 6 aromatic rings. The number of fused-ring (bicyclic) bond motifs is 1. The minimum Gasteiger partial charge on any atom is -0.453 e. The molecule has 63 heavy (non-hydrogen) atoms. The predicted molar refractivity (Wildman–Crippen MR) is 237 cm³/mol. The molecule has 2 aliphatic heterocycles. The molecule has 2 fully saturated rings. The lowest BCUT2D eigenvalue weighted by molar-refractivity contribution is -0.136. The van der Waals surface area contributed by atoms with Gasteiger partial charge in [0.1, 0.15) is 23.7 Å². The van der Waals surface area contributed by atoms with E-state index >= 15 is 0 Å². The van der Waals surface area contributed by atoms with Gasteiger partial charge in [0.15, 0.2) is 0 Å². The van der Waals surface area contributed by atoms with E-state index in [1.165, 1.54) is 14.2 Å². The lowest BCUT2D eigenvalue weighted by atomic mass is 9.98. The molecule has 4 N–H and O–H groups in total. The third-order valence-electron chi connectivity index (χ3n) is 12.1. The first-order chi connectivity index (χ1) is 30.5. The van der Waals surface area contributed by atoms with Gasteiger partial charge in [0.25, 0.3) is 5.91 Å². The molecule has 8 rings (SSSR count). The first-order valence-corrected chi connectivity index (χ1v) is 21.2. The Labute approximate surface area is 365 Å². The second kappa shape index (κ2) is 18.5. The lowest BCUT2D eigenvalue weighted by Crippen LogP contribution is -2.51. The Kier molecular flexibility index (Phi) is 12.6. The van der Waals surface area contributed by atoms with Crippen LogP contribution in [0.3, 0.4) is 0 Å². The highest BCUT2D eigenvalue weighted by molar-refractivity contribution is 5.91. The summed E-state index contributed by atoms with van der Waals surface area (Å²) in [5.41, 5.74) is 6.37. The first-order valence-electron chi connectivity index (χ1n) is 21.2. The average Bonchev–Trinajstić information content (AvgIpc) is 4.16. The van der Waals surface area contributed by atoms with E-state index in [0.29, 0.717) is 30.9 Å². The van der Waals surface area contributed by atoms with Gasteiger partial charge in [-0.25, -0.2) is 19.6 Å². The topological polar surface area (TPSA) is 184 Å². The summed E-state index contributed by atoms with van der Waals surface area (Å²) in [6.45, 7) is 4.73. The minimum absolute atomic E-state index is 0.112. The van der Waals surface area contributed by atoms with Gasteiger partial charge in [-0.15, -0.1) is 0 Å². The summed E-state index contributed by atoms with van der Waals surface area (Å²) >= 11 is 0. The molecule has 0 radical (unpaired) electrons. The molecule has 0 saturated carbocycles. The van der Waals surface area contributed by atoms with Gasteiger partial charge in [0.05, 0.1) is 56.2 Å². The molecule has 0 spiro atoms. The van der Waals surface area contributed by atoms with Gasteiger partial charge in [0, 0.05) is 32.2 Å². The first kappa shape index (κ1) is 42.7. The molecule has 15 heteroatoms. The minimum atomic E-state index is -0.947. The van der Waals surface area contributed by atoms with E-state index in [4.69, 9.17) is 24.2 Å². The van der Waals surface area contributed by atoms with Crippen LogP contribution in [0.4, 0.5) is 9.59 Å². The van der Waals surface area contributed by atoms with Crippen molar-refractivity contribution in [2.24, 2.45) is 5.92 Å². The maximum atomic E-state index is 14.1. The van der Waals surface area contributed by atoms with E-state index in [2.05, 4.69) is 81.3 Å². The van der Waals surface area contributed by atoms with Crippen LogP contribution < -0.4 is 10.6 Å². The molecule has 2 aromatic heterocycles. The molecule has 4 heterocycles. The number of aromatic nitrogens is 4. The zero-order valence-corrected chi connectivity index (χ0v) is 36.0. The van der Waals surface area contributed by atoms with E-state index in [1.54, 1.807) is 30.3 Å². The second-order valence-corrected chi connectivity index (χ2v) is 16.3. The Morgan fingerprint density at radius 3 is 1.92 bits per heavy atom. The van der Waals surface area contributed by atoms with Gasteiger partial charge in [-0.1, -0.05) is 92.7 Å². The Morgan fingerprint density at radius 2 is 1.27 bits per heavy atom. The summed E-state index contributed by atoms with van der Waals surface area (Å²) in [5.74, 6) is 0.815. The van der Waals surface area contributed by atoms with Crippen LogP contribution in [0.25, 0.3) is 44.4 Å². The van der Waals surface area contributed by atoms with Crippen molar-refractivity contribution < 1.29 is 33.4 Å². The zero-order valence-electron chi connectivity index (χ0n) is 36.0. The van der Waals surface area contributed by atoms with Crippen LogP contribution >= 0.6 is 0 Å². The highest BCUT2D eigenvalue weighted by Gasteiger charge is 2.42. The maximum absolute atomic E-state index is 14.1. The normalized spacial score (nSPS) is 18.3. The molecule has 15 nitrogen and oxygen atoms in total.